The normalized spacial score (nSPS) is 11.1. The van der Waals surface area contributed by atoms with Crippen molar-refractivity contribution in [2.24, 2.45) is 5.92 Å². The van der Waals surface area contributed by atoms with Gasteiger partial charge < -0.3 is 9.64 Å². The van der Waals surface area contributed by atoms with Crippen LogP contribution in [0.5, 0.6) is 11.6 Å². The van der Waals surface area contributed by atoms with Crippen LogP contribution in [0.3, 0.4) is 0 Å². The van der Waals surface area contributed by atoms with E-state index in [0.717, 1.165) is 24.2 Å². The molecule has 0 saturated carbocycles. The molecule has 1 heterocycles. The first-order chi connectivity index (χ1) is 14.8. The average molecular weight is 427 g/mol. The molecule has 0 atom stereocenters. The number of ether oxygens (including phenoxy) is 1. The molecular weight excluding hydrogens is 400 g/mol. The summed E-state index contributed by atoms with van der Waals surface area (Å²) in [6, 6.07) is 12.5. The van der Waals surface area contributed by atoms with Crippen LogP contribution < -0.4 is 4.74 Å². The second kappa shape index (κ2) is 9.73. The molecule has 0 radical (unpaired) electrons. The van der Waals surface area contributed by atoms with E-state index in [-0.39, 0.29) is 24.1 Å². The van der Waals surface area contributed by atoms with E-state index in [1.165, 1.54) is 6.07 Å². The number of amides is 1. The number of carbonyl (C=O) groups excluding carboxylic acids is 1. The molecule has 0 aliphatic carbocycles. The zero-order valence-electron chi connectivity index (χ0n) is 18.2. The molecule has 0 spiro atoms. The second-order valence-corrected chi connectivity index (χ2v) is 7.71. The van der Waals surface area contributed by atoms with Crippen LogP contribution in [0, 0.1) is 24.5 Å². The van der Waals surface area contributed by atoms with E-state index in [9.17, 15) is 13.6 Å². The van der Waals surface area contributed by atoms with Crippen LogP contribution in [-0.2, 0) is 11.3 Å². The SMILES string of the molecule is CCCN(Cc1c(C)nn(-c2ccccc2)c1Oc1ccc(F)cc1F)C(=O)C(C)C. The fraction of sp³-hybridized carbons (Fsp3) is 0.333. The minimum atomic E-state index is -0.812. The fourth-order valence-electron chi connectivity index (χ4n) is 3.32. The minimum absolute atomic E-state index is 0.0209. The molecule has 1 amide bonds. The van der Waals surface area contributed by atoms with Crippen molar-refractivity contribution in [2.75, 3.05) is 6.54 Å². The lowest BCUT2D eigenvalue weighted by Gasteiger charge is -2.24. The smallest absolute Gasteiger partial charge is 0.228 e. The molecule has 3 aromatic rings. The van der Waals surface area contributed by atoms with Gasteiger partial charge in [-0.05, 0) is 37.6 Å². The first kappa shape index (κ1) is 22.5. The number of aryl methyl sites for hydroxylation is 1. The Labute approximate surface area is 181 Å². The molecular formula is C24H27F2N3O2. The predicted molar refractivity (Wildman–Crippen MR) is 115 cm³/mol. The van der Waals surface area contributed by atoms with E-state index in [0.29, 0.717) is 23.7 Å². The molecule has 0 aliphatic rings. The third-order valence-corrected chi connectivity index (χ3v) is 4.89. The number of carbonyl (C=O) groups is 1. The van der Waals surface area contributed by atoms with Gasteiger partial charge >= 0.3 is 0 Å². The Balaban J connectivity index is 2.09. The molecule has 0 saturated heterocycles. The molecule has 31 heavy (non-hydrogen) atoms. The highest BCUT2D eigenvalue weighted by molar-refractivity contribution is 5.78. The number of hydrogen-bond acceptors (Lipinski definition) is 3. The number of nitrogens with zero attached hydrogens (tertiary/aromatic N) is 3. The standard InChI is InChI=1S/C24H27F2N3O2/c1-5-13-28(23(30)16(2)3)15-20-17(4)27-29(19-9-7-6-8-10-19)24(20)31-22-12-11-18(25)14-21(22)26/h6-12,14,16H,5,13,15H2,1-4H3. The number of halogens is 2. The van der Waals surface area contributed by atoms with Crippen molar-refractivity contribution in [1.29, 1.82) is 0 Å². The molecule has 5 nitrogen and oxygen atoms in total. The van der Waals surface area contributed by atoms with Crippen LogP contribution in [0.2, 0.25) is 0 Å². The predicted octanol–water partition coefficient (Wildman–Crippen LogP) is 5.65. The van der Waals surface area contributed by atoms with Crippen LogP contribution in [-0.4, -0.2) is 27.1 Å². The van der Waals surface area contributed by atoms with Gasteiger partial charge in [0.2, 0.25) is 11.8 Å². The summed E-state index contributed by atoms with van der Waals surface area (Å²) in [6.45, 7) is 8.41. The number of hydrogen-bond donors (Lipinski definition) is 0. The zero-order valence-corrected chi connectivity index (χ0v) is 18.2. The lowest BCUT2D eigenvalue weighted by molar-refractivity contribution is -0.135. The van der Waals surface area contributed by atoms with Crippen molar-refractivity contribution in [1.82, 2.24) is 14.7 Å². The van der Waals surface area contributed by atoms with Gasteiger partial charge in [0.1, 0.15) is 5.82 Å². The first-order valence-electron chi connectivity index (χ1n) is 10.4. The van der Waals surface area contributed by atoms with E-state index in [4.69, 9.17) is 4.74 Å². The summed E-state index contributed by atoms with van der Waals surface area (Å²) in [6.07, 6.45) is 0.799. The summed E-state index contributed by atoms with van der Waals surface area (Å²) in [5, 5.41) is 4.60. The summed E-state index contributed by atoms with van der Waals surface area (Å²) in [5.74, 6) is -1.45. The molecule has 7 heteroatoms. The second-order valence-electron chi connectivity index (χ2n) is 7.71. The molecule has 2 aromatic carbocycles. The molecule has 0 aliphatic heterocycles. The highest BCUT2D eigenvalue weighted by Crippen LogP contribution is 2.33. The van der Waals surface area contributed by atoms with Crippen LogP contribution in [0.15, 0.2) is 48.5 Å². The molecule has 3 rings (SSSR count). The Bertz CT molecular complexity index is 1050. The maximum Gasteiger partial charge on any atom is 0.228 e. The topological polar surface area (TPSA) is 47.4 Å². The number of benzene rings is 2. The highest BCUT2D eigenvalue weighted by atomic mass is 19.1. The van der Waals surface area contributed by atoms with E-state index in [1.807, 2.05) is 58.0 Å². The summed E-state index contributed by atoms with van der Waals surface area (Å²) < 4.78 is 35.3. The van der Waals surface area contributed by atoms with Gasteiger partial charge in [-0.25, -0.2) is 13.5 Å². The van der Waals surface area contributed by atoms with Gasteiger partial charge in [0.25, 0.3) is 0 Å². The number of para-hydroxylation sites is 1. The van der Waals surface area contributed by atoms with Gasteiger partial charge in [0, 0.05) is 18.5 Å². The van der Waals surface area contributed by atoms with Gasteiger partial charge in [0.05, 0.1) is 23.5 Å². The highest BCUT2D eigenvalue weighted by Gasteiger charge is 2.25. The van der Waals surface area contributed by atoms with Gasteiger partial charge in [-0.1, -0.05) is 39.0 Å². The minimum Gasteiger partial charge on any atom is -0.435 e. The fourth-order valence-corrected chi connectivity index (χ4v) is 3.32. The zero-order chi connectivity index (χ0) is 22.5. The maximum absolute atomic E-state index is 14.4. The quantitative estimate of drug-likeness (QED) is 0.467. The molecule has 1 aromatic heterocycles. The maximum atomic E-state index is 14.4. The molecule has 164 valence electrons. The average Bonchev–Trinajstić information content (AvgIpc) is 3.05. The Hall–Kier alpha value is -3.22. The molecule has 0 unspecified atom stereocenters. The van der Waals surface area contributed by atoms with Crippen LogP contribution >= 0.6 is 0 Å². The van der Waals surface area contributed by atoms with Gasteiger partial charge in [-0.2, -0.15) is 5.10 Å². The summed E-state index contributed by atoms with van der Waals surface area (Å²) >= 11 is 0. The van der Waals surface area contributed by atoms with Crippen LogP contribution in [0.25, 0.3) is 5.69 Å². The van der Waals surface area contributed by atoms with Gasteiger partial charge in [0.15, 0.2) is 11.6 Å². The van der Waals surface area contributed by atoms with Crippen molar-refractivity contribution in [3.05, 3.63) is 71.4 Å². The van der Waals surface area contributed by atoms with Crippen molar-refractivity contribution >= 4 is 5.91 Å². The van der Waals surface area contributed by atoms with Crippen molar-refractivity contribution in [2.45, 2.75) is 40.7 Å². The summed E-state index contributed by atoms with van der Waals surface area (Å²) in [4.78, 5) is 14.5. The molecule has 0 N–H and O–H groups in total. The van der Waals surface area contributed by atoms with Crippen molar-refractivity contribution in [3.63, 3.8) is 0 Å². The lowest BCUT2D eigenvalue weighted by Crippen LogP contribution is -2.34. The third-order valence-electron chi connectivity index (χ3n) is 4.89. The van der Waals surface area contributed by atoms with Crippen LogP contribution in [0.4, 0.5) is 8.78 Å². The Morgan fingerprint density at radius 1 is 1.16 bits per heavy atom. The molecule has 0 fully saturated rings. The van der Waals surface area contributed by atoms with Gasteiger partial charge in [-0.3, -0.25) is 4.79 Å². The Morgan fingerprint density at radius 2 is 1.87 bits per heavy atom. The first-order valence-corrected chi connectivity index (χ1v) is 10.4. The third kappa shape index (κ3) is 5.10. The van der Waals surface area contributed by atoms with E-state index >= 15 is 0 Å². The monoisotopic (exact) mass is 427 g/mol. The Kier molecular flexibility index (Phi) is 7.05. The molecule has 0 bridgehead atoms. The van der Waals surface area contributed by atoms with E-state index < -0.39 is 11.6 Å². The van der Waals surface area contributed by atoms with Crippen LogP contribution in [0.1, 0.15) is 38.4 Å². The number of rotatable bonds is 8. The van der Waals surface area contributed by atoms with Crippen molar-refractivity contribution in [3.8, 4) is 17.3 Å². The largest absolute Gasteiger partial charge is 0.435 e. The summed E-state index contributed by atoms with van der Waals surface area (Å²) in [5.41, 5.74) is 2.07. The lowest BCUT2D eigenvalue weighted by atomic mass is 10.1. The van der Waals surface area contributed by atoms with Crippen molar-refractivity contribution < 1.29 is 18.3 Å². The van der Waals surface area contributed by atoms with E-state index in [2.05, 4.69) is 5.10 Å². The van der Waals surface area contributed by atoms with E-state index in [1.54, 1.807) is 9.58 Å². The Morgan fingerprint density at radius 3 is 2.48 bits per heavy atom. The number of aromatic nitrogens is 2. The summed E-state index contributed by atoms with van der Waals surface area (Å²) in [7, 11) is 0. The van der Waals surface area contributed by atoms with Gasteiger partial charge in [-0.15, -0.1) is 0 Å².